The van der Waals surface area contributed by atoms with Crippen molar-refractivity contribution >= 4 is 23.5 Å². The quantitative estimate of drug-likeness (QED) is 0.654. The normalized spacial score (nSPS) is 27.7. The van der Waals surface area contributed by atoms with Crippen molar-refractivity contribution in [3.63, 3.8) is 0 Å². The summed E-state index contributed by atoms with van der Waals surface area (Å²) >= 11 is 0. The van der Waals surface area contributed by atoms with Crippen molar-refractivity contribution in [3.8, 4) is 0 Å². The van der Waals surface area contributed by atoms with Crippen LogP contribution in [0.15, 0.2) is 36.4 Å². The lowest BCUT2D eigenvalue weighted by Gasteiger charge is -2.24. The highest BCUT2D eigenvalue weighted by atomic mass is 16.5. The highest BCUT2D eigenvalue weighted by Gasteiger charge is 2.51. The standard InChI is InChI=1S/C17H17NO5/c1-23-17(22)11-4-2-3-5-12(11)18-15(19)13-9-6-7-10(8-9)14(13)16(20)21/h2-7,9-10,13-14H,8H2,1H3,(H,18,19)(H,20,21)/t9-,10-,13-,14-/m0/s1. The van der Waals surface area contributed by atoms with Gasteiger partial charge in [0.05, 0.1) is 30.2 Å². The van der Waals surface area contributed by atoms with E-state index in [1.54, 1.807) is 24.3 Å². The van der Waals surface area contributed by atoms with E-state index in [0.29, 0.717) is 12.1 Å². The summed E-state index contributed by atoms with van der Waals surface area (Å²) in [6.45, 7) is 0. The minimum absolute atomic E-state index is 0.0635. The molecule has 0 aliphatic heterocycles. The molecule has 2 aliphatic rings. The van der Waals surface area contributed by atoms with Gasteiger partial charge in [-0.15, -0.1) is 0 Å². The molecule has 0 heterocycles. The highest BCUT2D eigenvalue weighted by molar-refractivity contribution is 6.03. The second-order valence-corrected chi connectivity index (χ2v) is 5.86. The Hall–Kier alpha value is -2.63. The number of ether oxygens (including phenoxy) is 1. The van der Waals surface area contributed by atoms with Gasteiger partial charge in [0, 0.05) is 0 Å². The lowest BCUT2D eigenvalue weighted by atomic mass is 9.82. The Kier molecular flexibility index (Phi) is 3.90. The zero-order chi connectivity index (χ0) is 16.6. The average molecular weight is 315 g/mol. The van der Waals surface area contributed by atoms with Crippen LogP contribution in [0.5, 0.6) is 0 Å². The van der Waals surface area contributed by atoms with Crippen molar-refractivity contribution < 1.29 is 24.2 Å². The first kappa shape index (κ1) is 15.3. The number of rotatable bonds is 4. The lowest BCUT2D eigenvalue weighted by molar-refractivity contribution is -0.146. The van der Waals surface area contributed by atoms with Crippen molar-refractivity contribution in [3.05, 3.63) is 42.0 Å². The topological polar surface area (TPSA) is 92.7 Å². The maximum Gasteiger partial charge on any atom is 0.339 e. The third-order valence-electron chi connectivity index (χ3n) is 4.64. The molecule has 2 aliphatic carbocycles. The molecule has 2 N–H and O–H groups in total. The van der Waals surface area contributed by atoms with Crippen LogP contribution in [-0.4, -0.2) is 30.1 Å². The van der Waals surface area contributed by atoms with Crippen LogP contribution in [0.25, 0.3) is 0 Å². The summed E-state index contributed by atoms with van der Waals surface area (Å²) in [5.74, 6) is -3.36. The molecule has 1 fully saturated rings. The second kappa shape index (κ2) is 5.87. The van der Waals surface area contributed by atoms with Crippen molar-refractivity contribution in [2.75, 3.05) is 12.4 Å². The number of nitrogens with one attached hydrogen (secondary N) is 1. The van der Waals surface area contributed by atoms with Crippen LogP contribution in [0.1, 0.15) is 16.8 Å². The van der Waals surface area contributed by atoms with E-state index in [9.17, 15) is 19.5 Å². The SMILES string of the molecule is COC(=O)c1ccccc1NC(=O)[C@@H]1[C@@H](C(=O)O)[C@H]2C=C[C@H]1C2. The maximum absolute atomic E-state index is 12.6. The highest BCUT2D eigenvalue weighted by Crippen LogP contribution is 2.48. The van der Waals surface area contributed by atoms with E-state index in [0.717, 1.165) is 0 Å². The number of para-hydroxylation sites is 1. The van der Waals surface area contributed by atoms with Crippen molar-refractivity contribution in [2.45, 2.75) is 6.42 Å². The first-order valence-corrected chi connectivity index (χ1v) is 7.42. The van der Waals surface area contributed by atoms with Gasteiger partial charge in [0.2, 0.25) is 5.91 Å². The van der Waals surface area contributed by atoms with Crippen LogP contribution in [0.3, 0.4) is 0 Å². The number of carbonyl (C=O) groups excluding carboxylic acids is 2. The molecule has 0 unspecified atom stereocenters. The Balaban J connectivity index is 1.84. The number of carboxylic acid groups (broad SMARTS) is 1. The number of carboxylic acids is 1. The largest absolute Gasteiger partial charge is 0.481 e. The summed E-state index contributed by atoms with van der Waals surface area (Å²) in [4.78, 5) is 35.9. The zero-order valence-corrected chi connectivity index (χ0v) is 12.6. The van der Waals surface area contributed by atoms with Gasteiger partial charge < -0.3 is 15.2 Å². The molecule has 1 saturated carbocycles. The fourth-order valence-electron chi connectivity index (χ4n) is 3.61. The van der Waals surface area contributed by atoms with E-state index in [1.165, 1.54) is 7.11 Å². The third-order valence-corrected chi connectivity index (χ3v) is 4.64. The summed E-state index contributed by atoms with van der Waals surface area (Å²) in [6, 6.07) is 6.51. The number of amides is 1. The number of aliphatic carboxylic acids is 1. The van der Waals surface area contributed by atoms with Gasteiger partial charge in [0.15, 0.2) is 0 Å². The number of benzene rings is 1. The Bertz CT molecular complexity index is 696. The van der Waals surface area contributed by atoms with Gasteiger partial charge in [-0.05, 0) is 30.4 Å². The smallest absolute Gasteiger partial charge is 0.339 e. The van der Waals surface area contributed by atoms with Crippen LogP contribution in [0.4, 0.5) is 5.69 Å². The summed E-state index contributed by atoms with van der Waals surface area (Å²) in [5.41, 5.74) is 0.578. The van der Waals surface area contributed by atoms with Crippen molar-refractivity contribution in [1.82, 2.24) is 0 Å². The number of fused-ring (bicyclic) bond motifs is 2. The summed E-state index contributed by atoms with van der Waals surface area (Å²) in [5, 5.41) is 12.1. The average Bonchev–Trinajstić information content (AvgIpc) is 3.15. The van der Waals surface area contributed by atoms with E-state index < -0.39 is 23.8 Å². The lowest BCUT2D eigenvalue weighted by Crippen LogP contribution is -2.36. The van der Waals surface area contributed by atoms with E-state index in [-0.39, 0.29) is 23.3 Å². The van der Waals surface area contributed by atoms with Gasteiger partial charge in [-0.1, -0.05) is 24.3 Å². The van der Waals surface area contributed by atoms with Crippen LogP contribution in [0.2, 0.25) is 0 Å². The molecule has 4 atom stereocenters. The molecule has 0 radical (unpaired) electrons. The minimum atomic E-state index is -0.955. The monoisotopic (exact) mass is 315 g/mol. The second-order valence-electron chi connectivity index (χ2n) is 5.86. The van der Waals surface area contributed by atoms with Gasteiger partial charge >= 0.3 is 11.9 Å². The van der Waals surface area contributed by atoms with Gasteiger partial charge in [0.25, 0.3) is 0 Å². The van der Waals surface area contributed by atoms with Crippen LogP contribution < -0.4 is 5.32 Å². The number of carbonyl (C=O) groups is 3. The van der Waals surface area contributed by atoms with E-state index in [4.69, 9.17) is 4.74 Å². The number of methoxy groups -OCH3 is 1. The fourth-order valence-corrected chi connectivity index (χ4v) is 3.61. The summed E-state index contributed by atoms with van der Waals surface area (Å²) in [7, 11) is 1.27. The van der Waals surface area contributed by atoms with Crippen molar-refractivity contribution in [1.29, 1.82) is 0 Å². The molecule has 1 amide bonds. The van der Waals surface area contributed by atoms with Crippen LogP contribution in [0, 0.1) is 23.7 Å². The Morgan fingerprint density at radius 1 is 1.13 bits per heavy atom. The van der Waals surface area contributed by atoms with E-state index in [2.05, 4.69) is 5.32 Å². The van der Waals surface area contributed by atoms with Gasteiger partial charge in [-0.2, -0.15) is 0 Å². The maximum atomic E-state index is 12.6. The predicted octanol–water partition coefficient (Wildman–Crippen LogP) is 1.93. The van der Waals surface area contributed by atoms with E-state index >= 15 is 0 Å². The van der Waals surface area contributed by atoms with Crippen LogP contribution >= 0.6 is 0 Å². The summed E-state index contributed by atoms with van der Waals surface area (Å²) < 4.78 is 4.70. The molecule has 6 nitrogen and oxygen atoms in total. The van der Waals surface area contributed by atoms with Gasteiger partial charge in [0.1, 0.15) is 0 Å². The van der Waals surface area contributed by atoms with E-state index in [1.807, 2.05) is 12.2 Å². The molecule has 6 heteroatoms. The van der Waals surface area contributed by atoms with Crippen LogP contribution in [-0.2, 0) is 14.3 Å². The number of hydrogen-bond acceptors (Lipinski definition) is 4. The minimum Gasteiger partial charge on any atom is -0.481 e. The first-order valence-electron chi connectivity index (χ1n) is 7.42. The molecule has 0 spiro atoms. The molecule has 120 valence electrons. The molecule has 0 aromatic heterocycles. The molecule has 23 heavy (non-hydrogen) atoms. The van der Waals surface area contributed by atoms with Gasteiger partial charge in [-0.25, -0.2) is 4.79 Å². The fraction of sp³-hybridized carbons (Fsp3) is 0.353. The Morgan fingerprint density at radius 2 is 1.78 bits per heavy atom. The Labute approximate surface area is 133 Å². The van der Waals surface area contributed by atoms with Gasteiger partial charge in [-0.3, -0.25) is 9.59 Å². The summed E-state index contributed by atoms with van der Waals surface area (Å²) in [6.07, 6.45) is 4.49. The van der Waals surface area contributed by atoms with Crippen molar-refractivity contribution in [2.24, 2.45) is 23.7 Å². The molecular weight excluding hydrogens is 298 g/mol. The predicted molar refractivity (Wildman–Crippen MR) is 81.8 cm³/mol. The Morgan fingerprint density at radius 3 is 2.43 bits per heavy atom. The number of hydrogen-bond donors (Lipinski definition) is 2. The molecule has 1 aromatic carbocycles. The first-order chi connectivity index (χ1) is 11.0. The number of esters is 1. The molecule has 3 rings (SSSR count). The molecule has 2 bridgehead atoms. The number of anilines is 1. The number of allylic oxidation sites excluding steroid dienone is 2. The molecule has 1 aromatic rings. The molecular formula is C17H17NO5. The zero-order valence-electron chi connectivity index (χ0n) is 12.6. The third kappa shape index (κ3) is 2.60. The molecule has 0 saturated heterocycles.